The molecule has 23 heavy (non-hydrogen) atoms. The summed E-state index contributed by atoms with van der Waals surface area (Å²) in [7, 11) is 0. The predicted octanol–water partition coefficient (Wildman–Crippen LogP) is -0.832. The first-order valence-electron chi connectivity index (χ1n) is 7.61. The fraction of sp³-hybridized carbons (Fsp3) is 0.571. The number of pyridine rings is 1. The summed E-state index contributed by atoms with van der Waals surface area (Å²) in [4.78, 5) is 35.9. The molecule has 1 amide bonds. The molecule has 0 aliphatic carbocycles. The number of amides is 1. The fourth-order valence-corrected chi connectivity index (χ4v) is 2.43. The summed E-state index contributed by atoms with van der Waals surface area (Å²) in [5.41, 5.74) is -0.650. The van der Waals surface area contributed by atoms with Crippen LogP contribution < -0.4 is 16.2 Å². The molecule has 0 atom stereocenters. The maximum atomic E-state index is 11.8. The molecule has 0 saturated carbocycles. The van der Waals surface area contributed by atoms with E-state index in [1.54, 1.807) is 0 Å². The van der Waals surface area contributed by atoms with Crippen molar-refractivity contribution in [3.8, 4) is 0 Å². The molecule has 1 saturated heterocycles. The van der Waals surface area contributed by atoms with E-state index in [1.807, 2.05) is 0 Å². The Hall–Kier alpha value is -2.26. The van der Waals surface area contributed by atoms with Crippen molar-refractivity contribution in [3.05, 3.63) is 38.8 Å². The highest BCUT2D eigenvalue weighted by Crippen LogP contribution is 2.06. The van der Waals surface area contributed by atoms with E-state index in [-0.39, 0.29) is 18.1 Å². The summed E-state index contributed by atoms with van der Waals surface area (Å²) in [5, 5.41) is 16.7. The van der Waals surface area contributed by atoms with Gasteiger partial charge >= 0.3 is 0 Å². The number of rotatable bonds is 7. The highest BCUT2D eigenvalue weighted by atomic mass is 16.6. The van der Waals surface area contributed by atoms with Gasteiger partial charge < -0.3 is 15.5 Å². The number of hydrogen-bond acceptors (Lipinski definition) is 6. The zero-order chi connectivity index (χ0) is 16.7. The first kappa shape index (κ1) is 17.1. The molecular weight excluding hydrogens is 302 g/mol. The van der Waals surface area contributed by atoms with E-state index in [9.17, 15) is 19.7 Å². The van der Waals surface area contributed by atoms with Gasteiger partial charge in [0, 0.05) is 44.9 Å². The first-order chi connectivity index (χ1) is 11.1. The number of nitrogens with zero attached hydrogens (tertiary/aromatic N) is 3. The van der Waals surface area contributed by atoms with E-state index in [0.29, 0.717) is 6.54 Å². The second-order valence-corrected chi connectivity index (χ2v) is 5.41. The zero-order valence-corrected chi connectivity index (χ0v) is 12.9. The number of piperazine rings is 1. The molecule has 1 aliphatic heterocycles. The van der Waals surface area contributed by atoms with Crippen molar-refractivity contribution in [2.45, 2.75) is 13.0 Å². The average molecular weight is 323 g/mol. The summed E-state index contributed by atoms with van der Waals surface area (Å²) in [6.45, 7) is 5.22. The number of carbonyl (C=O) groups excluding carboxylic acids is 1. The Morgan fingerprint density at radius 1 is 1.35 bits per heavy atom. The van der Waals surface area contributed by atoms with Gasteiger partial charge in [0.2, 0.25) is 5.91 Å². The molecule has 9 heteroatoms. The van der Waals surface area contributed by atoms with Crippen LogP contribution in [-0.4, -0.2) is 59.6 Å². The monoisotopic (exact) mass is 323 g/mol. The number of nitro groups is 1. The van der Waals surface area contributed by atoms with Crippen LogP contribution in [0, 0.1) is 10.1 Å². The van der Waals surface area contributed by atoms with Crippen LogP contribution in [0.2, 0.25) is 0 Å². The Balaban J connectivity index is 1.75. The molecule has 0 unspecified atom stereocenters. The SMILES string of the molecule is O=C(Cn1cc([N+](=O)[O-])ccc1=O)NCCCN1CCNCC1. The smallest absolute Gasteiger partial charge is 0.285 e. The van der Waals surface area contributed by atoms with Gasteiger partial charge in [0.15, 0.2) is 0 Å². The Morgan fingerprint density at radius 3 is 2.78 bits per heavy atom. The molecule has 1 fully saturated rings. The summed E-state index contributed by atoms with van der Waals surface area (Å²) in [6.07, 6.45) is 1.91. The minimum absolute atomic E-state index is 0.212. The molecule has 1 aromatic rings. The van der Waals surface area contributed by atoms with Gasteiger partial charge in [0.05, 0.1) is 11.1 Å². The summed E-state index contributed by atoms with van der Waals surface area (Å²) in [5.74, 6) is -0.326. The second-order valence-electron chi connectivity index (χ2n) is 5.41. The molecule has 2 heterocycles. The van der Waals surface area contributed by atoms with Crippen molar-refractivity contribution in [2.75, 3.05) is 39.3 Å². The van der Waals surface area contributed by atoms with E-state index in [1.165, 1.54) is 0 Å². The molecule has 0 bridgehead atoms. The molecule has 0 radical (unpaired) electrons. The van der Waals surface area contributed by atoms with E-state index >= 15 is 0 Å². The number of hydrogen-bond donors (Lipinski definition) is 2. The minimum Gasteiger partial charge on any atom is -0.355 e. The maximum absolute atomic E-state index is 11.8. The van der Waals surface area contributed by atoms with Crippen molar-refractivity contribution in [3.63, 3.8) is 0 Å². The van der Waals surface area contributed by atoms with Crippen LogP contribution >= 0.6 is 0 Å². The van der Waals surface area contributed by atoms with Gasteiger partial charge in [-0.15, -0.1) is 0 Å². The number of aromatic nitrogens is 1. The maximum Gasteiger partial charge on any atom is 0.285 e. The first-order valence-corrected chi connectivity index (χ1v) is 7.61. The minimum atomic E-state index is -0.596. The van der Waals surface area contributed by atoms with E-state index in [4.69, 9.17) is 0 Å². The molecule has 2 rings (SSSR count). The van der Waals surface area contributed by atoms with E-state index < -0.39 is 10.5 Å². The highest BCUT2D eigenvalue weighted by Gasteiger charge is 2.11. The van der Waals surface area contributed by atoms with Crippen LogP contribution in [0.4, 0.5) is 5.69 Å². The van der Waals surface area contributed by atoms with Crippen molar-refractivity contribution >= 4 is 11.6 Å². The van der Waals surface area contributed by atoms with Gasteiger partial charge in [-0.05, 0) is 13.0 Å². The molecule has 9 nitrogen and oxygen atoms in total. The number of nitrogens with one attached hydrogen (secondary N) is 2. The molecule has 0 aromatic carbocycles. The Morgan fingerprint density at radius 2 is 2.09 bits per heavy atom. The second kappa shape index (κ2) is 8.39. The fourth-order valence-electron chi connectivity index (χ4n) is 2.43. The third-order valence-corrected chi connectivity index (χ3v) is 3.68. The zero-order valence-electron chi connectivity index (χ0n) is 12.9. The van der Waals surface area contributed by atoms with Crippen molar-refractivity contribution in [1.29, 1.82) is 0 Å². The number of carbonyl (C=O) groups is 1. The molecule has 2 N–H and O–H groups in total. The van der Waals surface area contributed by atoms with Crippen molar-refractivity contribution in [2.24, 2.45) is 0 Å². The summed E-state index contributed by atoms with van der Waals surface area (Å²) < 4.78 is 1.05. The normalized spacial score (nSPS) is 15.3. The van der Waals surface area contributed by atoms with Crippen molar-refractivity contribution < 1.29 is 9.72 Å². The summed E-state index contributed by atoms with van der Waals surface area (Å²) >= 11 is 0. The van der Waals surface area contributed by atoms with Gasteiger partial charge in [-0.1, -0.05) is 0 Å². The van der Waals surface area contributed by atoms with Crippen LogP contribution in [0.5, 0.6) is 0 Å². The predicted molar refractivity (Wildman–Crippen MR) is 84.3 cm³/mol. The van der Waals surface area contributed by atoms with Gasteiger partial charge in [-0.3, -0.25) is 24.3 Å². The van der Waals surface area contributed by atoms with Gasteiger partial charge in [0.25, 0.3) is 11.2 Å². The quantitative estimate of drug-likeness (QED) is 0.385. The molecule has 1 aliphatic rings. The van der Waals surface area contributed by atoms with E-state index in [0.717, 1.165) is 62.0 Å². The lowest BCUT2D eigenvalue weighted by Crippen LogP contribution is -2.44. The van der Waals surface area contributed by atoms with Gasteiger partial charge in [-0.25, -0.2) is 0 Å². The third-order valence-electron chi connectivity index (χ3n) is 3.68. The van der Waals surface area contributed by atoms with E-state index in [2.05, 4.69) is 15.5 Å². The Labute approximate surface area is 133 Å². The largest absolute Gasteiger partial charge is 0.355 e. The van der Waals surface area contributed by atoms with Crippen LogP contribution in [0.3, 0.4) is 0 Å². The van der Waals surface area contributed by atoms with Crippen LogP contribution in [0.1, 0.15) is 6.42 Å². The average Bonchev–Trinajstić information content (AvgIpc) is 2.54. The van der Waals surface area contributed by atoms with Crippen LogP contribution in [-0.2, 0) is 11.3 Å². The topological polar surface area (TPSA) is 110 Å². The lowest BCUT2D eigenvalue weighted by molar-refractivity contribution is -0.385. The van der Waals surface area contributed by atoms with Crippen LogP contribution in [0.25, 0.3) is 0 Å². The Kier molecular flexibility index (Phi) is 6.24. The van der Waals surface area contributed by atoms with Gasteiger partial charge in [-0.2, -0.15) is 0 Å². The van der Waals surface area contributed by atoms with Gasteiger partial charge in [0.1, 0.15) is 6.54 Å². The highest BCUT2D eigenvalue weighted by molar-refractivity contribution is 5.75. The summed E-state index contributed by atoms with van der Waals surface area (Å²) in [6, 6.07) is 2.22. The standard InChI is InChI=1S/C14H21N5O4/c20-13(16-4-1-7-17-8-5-15-6-9-17)11-18-10-12(19(22)23)2-3-14(18)21/h2-3,10,15H,1,4-9,11H2,(H,16,20). The van der Waals surface area contributed by atoms with Crippen LogP contribution in [0.15, 0.2) is 23.1 Å². The van der Waals surface area contributed by atoms with Crippen molar-refractivity contribution in [1.82, 2.24) is 20.1 Å². The molecular formula is C14H21N5O4. The lowest BCUT2D eigenvalue weighted by atomic mass is 10.3. The Bertz CT molecular complexity index is 609. The third kappa shape index (κ3) is 5.46. The molecule has 0 spiro atoms. The lowest BCUT2D eigenvalue weighted by Gasteiger charge is -2.27. The molecule has 1 aromatic heterocycles. The molecule has 126 valence electrons.